The van der Waals surface area contributed by atoms with Crippen LogP contribution in [0.1, 0.15) is 48.8 Å². The van der Waals surface area contributed by atoms with E-state index in [0.717, 1.165) is 49.2 Å². The summed E-state index contributed by atoms with van der Waals surface area (Å²) in [5, 5.41) is 30.0. The Morgan fingerprint density at radius 2 is 2.30 bits per heavy atom. The van der Waals surface area contributed by atoms with Crippen molar-refractivity contribution in [2.75, 3.05) is 19.7 Å². The first-order valence-corrected chi connectivity index (χ1v) is 11.2. The van der Waals surface area contributed by atoms with Gasteiger partial charge in [0.15, 0.2) is 0 Å². The number of likely N-dealkylation sites (tertiary alicyclic amines) is 1. The van der Waals surface area contributed by atoms with Gasteiger partial charge in [-0.1, -0.05) is 12.1 Å². The van der Waals surface area contributed by atoms with Crippen LogP contribution in [0.25, 0.3) is 6.08 Å². The molecule has 1 saturated heterocycles. The van der Waals surface area contributed by atoms with Gasteiger partial charge in [-0.2, -0.15) is 0 Å². The van der Waals surface area contributed by atoms with Crippen LogP contribution in [0.4, 0.5) is 4.39 Å². The van der Waals surface area contributed by atoms with Gasteiger partial charge in [0.05, 0.1) is 36.4 Å². The van der Waals surface area contributed by atoms with Gasteiger partial charge in [0.1, 0.15) is 23.3 Å². The van der Waals surface area contributed by atoms with Gasteiger partial charge >= 0.3 is 0 Å². The molecule has 5 N–H and O–H groups in total. The second kappa shape index (κ2) is 10.5. The molecule has 8 nitrogen and oxygen atoms in total. The molecule has 0 radical (unpaired) electrons. The Morgan fingerprint density at radius 3 is 3.12 bits per heavy atom. The zero-order valence-corrected chi connectivity index (χ0v) is 18.3. The van der Waals surface area contributed by atoms with Crippen molar-refractivity contribution >= 4 is 17.6 Å². The van der Waals surface area contributed by atoms with E-state index in [9.17, 15) is 9.50 Å². The van der Waals surface area contributed by atoms with Crippen LogP contribution in [0.5, 0.6) is 0 Å². The maximum Gasteiger partial charge on any atom is 0.130 e. The summed E-state index contributed by atoms with van der Waals surface area (Å²) in [6.07, 6.45) is 9.75. The van der Waals surface area contributed by atoms with Crippen LogP contribution in [-0.2, 0) is 0 Å². The molecular weight excluding hydrogens is 423 g/mol. The Bertz CT molecular complexity index is 1080. The van der Waals surface area contributed by atoms with Crippen LogP contribution in [0.2, 0.25) is 0 Å². The molecule has 0 amide bonds. The second-order valence-electron chi connectivity index (χ2n) is 8.21. The highest BCUT2D eigenvalue weighted by Gasteiger charge is 2.27. The normalized spacial score (nSPS) is 19.5. The standard InChI is InChI=1S/C24H29FN6O2/c25-17-5-1-4-16(12-17)21-7-3-11-31(21)22(26)9-10-24-28-14-20(30-24)19-6-2-8-23(29-19)27-13-18(33)15-32/h1,4-5,8-10,12,14,18,21,26-27,32-33H,2-3,6-7,11,13,15H2,(H,28,30)/b10-9-,26-22?/t18-,21?/m0/s1. The highest BCUT2D eigenvalue weighted by atomic mass is 19.1. The number of amidine groups is 1. The van der Waals surface area contributed by atoms with Gasteiger partial charge in [-0.15, -0.1) is 0 Å². The van der Waals surface area contributed by atoms with Gasteiger partial charge in [0.25, 0.3) is 0 Å². The number of aromatic amines is 1. The molecule has 0 saturated carbocycles. The maximum atomic E-state index is 13.7. The third-order valence-electron chi connectivity index (χ3n) is 5.80. The fourth-order valence-electron chi connectivity index (χ4n) is 4.12. The molecule has 1 aromatic carbocycles. The highest BCUT2D eigenvalue weighted by Crippen LogP contribution is 2.32. The first kappa shape index (κ1) is 22.9. The van der Waals surface area contributed by atoms with Crippen LogP contribution < -0.4 is 5.32 Å². The first-order valence-electron chi connectivity index (χ1n) is 11.2. The quantitative estimate of drug-likeness (QED) is 0.312. The summed E-state index contributed by atoms with van der Waals surface area (Å²) in [7, 11) is 0. The Kier molecular flexibility index (Phi) is 7.31. The van der Waals surface area contributed by atoms with Gasteiger partial charge < -0.3 is 25.4 Å². The Hall–Kier alpha value is -3.30. The van der Waals surface area contributed by atoms with Crippen molar-refractivity contribution in [1.82, 2.24) is 20.2 Å². The summed E-state index contributed by atoms with van der Waals surface area (Å²) >= 11 is 0. The summed E-state index contributed by atoms with van der Waals surface area (Å²) in [6.45, 7) is 0.686. The largest absolute Gasteiger partial charge is 0.394 e. The number of hydrogen-bond acceptors (Lipinski definition) is 6. The minimum Gasteiger partial charge on any atom is -0.394 e. The van der Waals surface area contributed by atoms with Gasteiger partial charge in [-0.3, -0.25) is 5.41 Å². The van der Waals surface area contributed by atoms with Crippen molar-refractivity contribution in [2.24, 2.45) is 4.99 Å². The van der Waals surface area contributed by atoms with Gasteiger partial charge in [0, 0.05) is 13.1 Å². The zero-order chi connectivity index (χ0) is 23.2. The Morgan fingerprint density at radius 1 is 1.42 bits per heavy atom. The van der Waals surface area contributed by atoms with Crippen molar-refractivity contribution in [2.45, 2.75) is 37.8 Å². The Labute approximate surface area is 192 Å². The van der Waals surface area contributed by atoms with Crippen LogP contribution in [-0.4, -0.2) is 62.4 Å². The fraction of sp³-hybridized carbons (Fsp3) is 0.375. The van der Waals surface area contributed by atoms with Crippen molar-refractivity contribution in [3.63, 3.8) is 0 Å². The fourth-order valence-corrected chi connectivity index (χ4v) is 4.12. The number of benzene rings is 1. The monoisotopic (exact) mass is 452 g/mol. The number of nitrogens with zero attached hydrogens (tertiary/aromatic N) is 3. The number of halogens is 1. The molecule has 0 bridgehead atoms. The molecule has 3 heterocycles. The molecule has 0 spiro atoms. The van der Waals surface area contributed by atoms with Gasteiger partial charge in [-0.25, -0.2) is 14.4 Å². The summed E-state index contributed by atoms with van der Waals surface area (Å²) < 4.78 is 13.7. The number of aromatic nitrogens is 2. The average molecular weight is 453 g/mol. The molecule has 2 aliphatic rings. The molecule has 1 unspecified atom stereocenters. The summed E-state index contributed by atoms with van der Waals surface area (Å²) in [5.74, 6) is 1.40. The maximum absolute atomic E-state index is 13.7. The minimum absolute atomic E-state index is 0.00339. The van der Waals surface area contributed by atoms with Crippen LogP contribution in [0.15, 0.2) is 53.4 Å². The van der Waals surface area contributed by atoms with Crippen molar-refractivity contribution in [1.29, 1.82) is 5.41 Å². The molecular formula is C24H29FN6O2. The molecule has 0 aliphatic carbocycles. The smallest absolute Gasteiger partial charge is 0.130 e. The van der Waals surface area contributed by atoms with E-state index >= 15 is 0 Å². The third-order valence-corrected chi connectivity index (χ3v) is 5.80. The van der Waals surface area contributed by atoms with Crippen LogP contribution >= 0.6 is 0 Å². The molecule has 1 fully saturated rings. The average Bonchev–Trinajstić information content (AvgIpc) is 3.51. The van der Waals surface area contributed by atoms with Crippen LogP contribution in [0, 0.1) is 11.2 Å². The number of nitrogens with one attached hydrogen (secondary N) is 3. The lowest BCUT2D eigenvalue weighted by Gasteiger charge is -2.26. The van der Waals surface area contributed by atoms with Gasteiger partial charge in [-0.05, 0) is 61.6 Å². The van der Waals surface area contributed by atoms with Gasteiger partial charge in [0.2, 0.25) is 0 Å². The number of aliphatic hydroxyl groups is 2. The molecule has 33 heavy (non-hydrogen) atoms. The lowest BCUT2D eigenvalue weighted by molar-refractivity contribution is 0.0964. The number of allylic oxidation sites excluding steroid dienone is 1. The highest BCUT2D eigenvalue weighted by molar-refractivity contribution is 6.00. The molecule has 2 aliphatic heterocycles. The minimum atomic E-state index is -0.832. The number of aliphatic hydroxyl groups excluding tert-OH is 2. The number of H-pyrrole nitrogens is 1. The molecule has 174 valence electrons. The summed E-state index contributed by atoms with van der Waals surface area (Å²) in [5.41, 5.74) is 2.55. The van der Waals surface area contributed by atoms with E-state index in [1.807, 2.05) is 17.0 Å². The number of rotatable bonds is 8. The van der Waals surface area contributed by atoms with Crippen molar-refractivity contribution in [3.05, 3.63) is 71.3 Å². The van der Waals surface area contributed by atoms with E-state index in [-0.39, 0.29) is 25.0 Å². The number of hydrogen-bond donors (Lipinski definition) is 5. The SMILES string of the molecule is N=C(/C=C\c1ncc(C2=NC(NC[C@H](O)CO)=CCC2)[nH]1)N1CCCC1c1cccc(F)c1. The van der Waals surface area contributed by atoms with E-state index in [0.29, 0.717) is 17.5 Å². The molecule has 2 atom stereocenters. The Balaban J connectivity index is 1.40. The third kappa shape index (κ3) is 5.74. The number of aliphatic imine (C=N–C) groups is 1. The summed E-state index contributed by atoms with van der Waals surface area (Å²) in [6, 6.07) is 6.61. The van der Waals surface area contributed by atoms with Crippen molar-refractivity contribution < 1.29 is 14.6 Å². The zero-order valence-electron chi connectivity index (χ0n) is 18.3. The van der Waals surface area contributed by atoms with Crippen molar-refractivity contribution in [3.8, 4) is 0 Å². The topological polar surface area (TPSA) is 121 Å². The molecule has 9 heteroatoms. The second-order valence-corrected chi connectivity index (χ2v) is 8.21. The predicted octanol–water partition coefficient (Wildman–Crippen LogP) is 2.74. The van der Waals surface area contributed by atoms with E-state index < -0.39 is 6.10 Å². The number of imidazole rings is 1. The molecule has 2 aromatic rings. The van der Waals surface area contributed by atoms with E-state index in [1.165, 1.54) is 6.07 Å². The lowest BCUT2D eigenvalue weighted by Crippen LogP contribution is -2.29. The molecule has 1 aromatic heterocycles. The van der Waals surface area contributed by atoms with E-state index in [2.05, 4.69) is 20.3 Å². The molecule has 4 rings (SSSR count). The van der Waals surface area contributed by atoms with E-state index in [4.69, 9.17) is 10.5 Å². The van der Waals surface area contributed by atoms with E-state index in [1.54, 1.807) is 30.5 Å². The lowest BCUT2D eigenvalue weighted by atomic mass is 10.0. The summed E-state index contributed by atoms with van der Waals surface area (Å²) in [4.78, 5) is 14.2. The first-order chi connectivity index (χ1) is 16.0. The van der Waals surface area contributed by atoms with Crippen LogP contribution in [0.3, 0.4) is 0 Å². The predicted molar refractivity (Wildman–Crippen MR) is 125 cm³/mol.